The predicted molar refractivity (Wildman–Crippen MR) is 106 cm³/mol. The maximum atomic E-state index is 4.90. The van der Waals surface area contributed by atoms with Crippen molar-refractivity contribution in [3.63, 3.8) is 0 Å². The Morgan fingerprint density at radius 1 is 0.880 bits per heavy atom. The number of nitrogens with zero attached hydrogens (tertiary/aromatic N) is 2. The molecule has 2 aromatic carbocycles. The van der Waals surface area contributed by atoms with Gasteiger partial charge < -0.3 is 0 Å². The first-order chi connectivity index (χ1) is 11.7. The van der Waals surface area contributed by atoms with Gasteiger partial charge in [0.2, 0.25) is 0 Å². The van der Waals surface area contributed by atoms with Crippen molar-refractivity contribution >= 4 is 23.3 Å². The molecule has 2 aromatic rings. The molecule has 2 nitrogen and oxygen atoms in total. The van der Waals surface area contributed by atoms with Gasteiger partial charge in [0.05, 0.1) is 17.1 Å². The van der Waals surface area contributed by atoms with Crippen LogP contribution in [-0.4, -0.2) is 11.9 Å². The fraction of sp³-hybridized carbons (Fsp3) is 0.364. The minimum absolute atomic E-state index is 0. The van der Waals surface area contributed by atoms with Gasteiger partial charge in [0.15, 0.2) is 0 Å². The van der Waals surface area contributed by atoms with E-state index in [9.17, 15) is 0 Å². The molecule has 0 aromatic heterocycles. The van der Waals surface area contributed by atoms with Gasteiger partial charge in [-0.3, -0.25) is 9.98 Å². The number of unbranched alkanes of at least 4 members (excludes halogenated alkanes) is 1. The molecule has 2 rings (SSSR count). The van der Waals surface area contributed by atoms with Crippen LogP contribution in [0.2, 0.25) is 0 Å². The molecule has 0 bridgehead atoms. The largest absolute Gasteiger partial charge is 0.255 e. The second kappa shape index (κ2) is 11.8. The first kappa shape index (κ1) is 21.3. The number of benzene rings is 2. The van der Waals surface area contributed by atoms with Crippen LogP contribution in [0, 0.1) is 0 Å². The Morgan fingerprint density at radius 2 is 1.52 bits per heavy atom. The van der Waals surface area contributed by atoms with Gasteiger partial charge in [-0.15, -0.1) is 0 Å². The molecular weight excluding hydrogens is 351 g/mol. The molecule has 0 heterocycles. The van der Waals surface area contributed by atoms with Gasteiger partial charge in [0.1, 0.15) is 0 Å². The van der Waals surface area contributed by atoms with Crippen molar-refractivity contribution in [2.75, 3.05) is 0 Å². The van der Waals surface area contributed by atoms with Crippen molar-refractivity contribution in [1.29, 1.82) is 0 Å². The second-order valence-electron chi connectivity index (χ2n) is 6.02. The van der Waals surface area contributed by atoms with E-state index in [1.807, 2.05) is 36.5 Å². The Balaban J connectivity index is 0.00000312. The van der Waals surface area contributed by atoms with Crippen LogP contribution >= 0.6 is 0 Å². The van der Waals surface area contributed by atoms with E-state index in [1.54, 1.807) is 0 Å². The van der Waals surface area contributed by atoms with Gasteiger partial charge in [0, 0.05) is 22.7 Å². The summed E-state index contributed by atoms with van der Waals surface area (Å²) in [4.78, 5) is 9.48. The minimum Gasteiger partial charge on any atom is -0.255 e. The topological polar surface area (TPSA) is 24.7 Å². The normalized spacial score (nSPS) is 11.6. The standard InChI is InChI=1S/C22H28N2.Ni/c1-4-7-11-21(17-23-20-12-9-8-10-13-20)24-22-15-18(5-2)14-19(6-3)16-22;/h8-10,12-17H,4-7,11H2,1-3H3;/b23-17+,24-21+;. The van der Waals surface area contributed by atoms with Crippen molar-refractivity contribution in [2.45, 2.75) is 52.9 Å². The number of rotatable bonds is 8. The smallest absolute Gasteiger partial charge is 0.0639 e. The van der Waals surface area contributed by atoms with E-state index in [2.05, 4.69) is 44.0 Å². The fourth-order valence-electron chi connectivity index (χ4n) is 2.55. The zero-order chi connectivity index (χ0) is 17.2. The van der Waals surface area contributed by atoms with Gasteiger partial charge in [-0.1, -0.05) is 51.5 Å². The third-order valence-electron chi connectivity index (χ3n) is 4.03. The molecular formula is C22H28N2Ni. The van der Waals surface area contributed by atoms with Crippen molar-refractivity contribution in [1.82, 2.24) is 0 Å². The number of hydrogen-bond acceptors (Lipinski definition) is 2. The Kier molecular flexibility index (Phi) is 10.0. The first-order valence-corrected chi connectivity index (χ1v) is 9.04. The van der Waals surface area contributed by atoms with E-state index in [4.69, 9.17) is 4.99 Å². The summed E-state index contributed by atoms with van der Waals surface area (Å²) in [5.41, 5.74) is 5.77. The third-order valence-corrected chi connectivity index (χ3v) is 4.03. The van der Waals surface area contributed by atoms with Crippen LogP contribution < -0.4 is 0 Å². The van der Waals surface area contributed by atoms with E-state index in [0.29, 0.717) is 0 Å². The molecule has 0 aliphatic heterocycles. The maximum absolute atomic E-state index is 4.90. The summed E-state index contributed by atoms with van der Waals surface area (Å²) in [6.45, 7) is 6.59. The predicted octanol–water partition coefficient (Wildman–Crippen LogP) is 6.47. The molecule has 0 saturated heterocycles. The molecule has 0 unspecified atom stereocenters. The van der Waals surface area contributed by atoms with Crippen LogP contribution in [0.3, 0.4) is 0 Å². The Morgan fingerprint density at radius 3 is 2.08 bits per heavy atom. The van der Waals surface area contributed by atoms with Crippen LogP contribution in [0.15, 0.2) is 58.5 Å². The zero-order valence-electron chi connectivity index (χ0n) is 15.4. The van der Waals surface area contributed by atoms with E-state index in [0.717, 1.165) is 49.2 Å². The van der Waals surface area contributed by atoms with E-state index < -0.39 is 0 Å². The second-order valence-corrected chi connectivity index (χ2v) is 6.02. The number of para-hydroxylation sites is 1. The Hall–Kier alpha value is -1.73. The number of aliphatic imine (C=N–C) groups is 2. The monoisotopic (exact) mass is 378 g/mol. The summed E-state index contributed by atoms with van der Waals surface area (Å²) in [5.74, 6) is 0. The molecule has 0 amide bonds. The molecule has 0 aliphatic rings. The van der Waals surface area contributed by atoms with Gasteiger partial charge in [-0.05, 0) is 61.1 Å². The quantitative estimate of drug-likeness (QED) is 0.371. The summed E-state index contributed by atoms with van der Waals surface area (Å²) >= 11 is 0. The molecule has 0 spiro atoms. The van der Waals surface area contributed by atoms with Gasteiger partial charge in [0.25, 0.3) is 0 Å². The average molecular weight is 379 g/mol. The molecule has 0 aliphatic carbocycles. The van der Waals surface area contributed by atoms with Crippen LogP contribution in [-0.2, 0) is 29.3 Å². The molecule has 25 heavy (non-hydrogen) atoms. The van der Waals surface area contributed by atoms with Gasteiger partial charge in [-0.2, -0.15) is 0 Å². The first-order valence-electron chi connectivity index (χ1n) is 9.04. The maximum Gasteiger partial charge on any atom is 0.0639 e. The Labute approximate surface area is 162 Å². The number of hydrogen-bond donors (Lipinski definition) is 0. The van der Waals surface area contributed by atoms with Crippen LogP contribution in [0.5, 0.6) is 0 Å². The van der Waals surface area contributed by atoms with Crippen molar-refractivity contribution in [3.8, 4) is 0 Å². The summed E-state index contributed by atoms with van der Waals surface area (Å²) in [6, 6.07) is 16.7. The average Bonchev–Trinajstić information content (AvgIpc) is 2.64. The summed E-state index contributed by atoms with van der Waals surface area (Å²) < 4.78 is 0. The molecule has 0 fully saturated rings. The van der Waals surface area contributed by atoms with E-state index in [1.165, 1.54) is 11.1 Å². The third kappa shape index (κ3) is 7.36. The van der Waals surface area contributed by atoms with Crippen LogP contribution in [0.25, 0.3) is 0 Å². The molecule has 136 valence electrons. The Bertz CT molecular complexity index is 668. The van der Waals surface area contributed by atoms with Crippen LogP contribution in [0.1, 0.15) is 51.2 Å². The summed E-state index contributed by atoms with van der Waals surface area (Å²) in [6.07, 6.45) is 7.26. The zero-order valence-corrected chi connectivity index (χ0v) is 16.4. The molecule has 0 atom stereocenters. The minimum atomic E-state index is 0. The van der Waals surface area contributed by atoms with Crippen molar-refractivity contribution in [3.05, 3.63) is 59.7 Å². The molecule has 3 heteroatoms. The fourth-order valence-corrected chi connectivity index (χ4v) is 2.55. The summed E-state index contributed by atoms with van der Waals surface area (Å²) in [7, 11) is 0. The van der Waals surface area contributed by atoms with Crippen molar-refractivity contribution < 1.29 is 16.5 Å². The molecule has 0 N–H and O–H groups in total. The van der Waals surface area contributed by atoms with Crippen LogP contribution in [0.4, 0.5) is 11.4 Å². The van der Waals surface area contributed by atoms with Gasteiger partial charge in [-0.25, -0.2) is 0 Å². The SMILES string of the molecule is CCCCC(/C=N/c1ccccc1)=N\c1cc(CC)cc(CC)c1.[Ni]. The van der Waals surface area contributed by atoms with Crippen molar-refractivity contribution in [2.24, 2.45) is 9.98 Å². The van der Waals surface area contributed by atoms with E-state index >= 15 is 0 Å². The number of aryl methyl sites for hydroxylation is 2. The molecule has 0 saturated carbocycles. The van der Waals surface area contributed by atoms with E-state index in [-0.39, 0.29) is 16.5 Å². The van der Waals surface area contributed by atoms with Gasteiger partial charge >= 0.3 is 0 Å². The summed E-state index contributed by atoms with van der Waals surface area (Å²) in [5, 5.41) is 0. The molecule has 0 radical (unpaired) electrons.